The molecule has 0 aliphatic carbocycles. The number of benzene rings is 2. The van der Waals surface area contributed by atoms with Gasteiger partial charge in [-0.3, -0.25) is 4.31 Å². The molecule has 128 valence electrons. The van der Waals surface area contributed by atoms with Crippen LogP contribution in [0.15, 0.2) is 47.4 Å². The third-order valence-corrected chi connectivity index (χ3v) is 6.12. The summed E-state index contributed by atoms with van der Waals surface area (Å²) < 4.78 is 32.9. The SMILES string of the molecule is COc1ccc(S(=O)(=O)N2CC(C)NCc3ccccc32)cc1Cl. The average Bonchev–Trinajstić information content (AvgIpc) is 2.74. The van der Waals surface area contributed by atoms with Crippen molar-refractivity contribution in [3.05, 3.63) is 53.1 Å². The quantitative estimate of drug-likeness (QED) is 0.907. The maximum atomic E-state index is 13.2. The number of nitrogens with zero attached hydrogens (tertiary/aromatic N) is 1. The van der Waals surface area contributed by atoms with Gasteiger partial charge in [0.2, 0.25) is 0 Å². The van der Waals surface area contributed by atoms with Crippen LogP contribution >= 0.6 is 11.6 Å². The van der Waals surface area contributed by atoms with Crippen molar-refractivity contribution in [2.75, 3.05) is 18.0 Å². The fourth-order valence-electron chi connectivity index (χ4n) is 2.76. The van der Waals surface area contributed by atoms with Crippen molar-refractivity contribution >= 4 is 27.3 Å². The van der Waals surface area contributed by atoms with Crippen molar-refractivity contribution in [1.82, 2.24) is 5.32 Å². The van der Waals surface area contributed by atoms with Crippen LogP contribution in [-0.4, -0.2) is 28.1 Å². The van der Waals surface area contributed by atoms with Gasteiger partial charge in [-0.15, -0.1) is 0 Å². The lowest BCUT2D eigenvalue weighted by atomic mass is 10.2. The number of rotatable bonds is 3. The van der Waals surface area contributed by atoms with Gasteiger partial charge in [0.25, 0.3) is 10.0 Å². The summed E-state index contributed by atoms with van der Waals surface area (Å²) in [4.78, 5) is 0.150. The Morgan fingerprint density at radius 3 is 2.71 bits per heavy atom. The molecule has 1 atom stereocenters. The number of ether oxygens (including phenoxy) is 1. The zero-order valence-corrected chi connectivity index (χ0v) is 15.1. The van der Waals surface area contributed by atoms with Gasteiger partial charge >= 0.3 is 0 Å². The lowest BCUT2D eigenvalue weighted by molar-refractivity contribution is 0.414. The highest BCUT2D eigenvalue weighted by Crippen LogP contribution is 2.32. The summed E-state index contributed by atoms with van der Waals surface area (Å²) in [6, 6.07) is 12.1. The highest BCUT2D eigenvalue weighted by Gasteiger charge is 2.30. The number of methoxy groups -OCH3 is 1. The van der Waals surface area contributed by atoms with Gasteiger partial charge in [0.15, 0.2) is 0 Å². The maximum Gasteiger partial charge on any atom is 0.264 e. The molecule has 2 aromatic carbocycles. The number of sulfonamides is 1. The molecule has 0 fully saturated rings. The number of hydrogen-bond acceptors (Lipinski definition) is 4. The molecule has 1 unspecified atom stereocenters. The van der Waals surface area contributed by atoms with E-state index in [4.69, 9.17) is 16.3 Å². The second-order valence-corrected chi connectivity index (χ2v) is 8.01. The molecule has 0 saturated heterocycles. The Kier molecular flexibility index (Phi) is 4.71. The smallest absolute Gasteiger partial charge is 0.264 e. The Morgan fingerprint density at radius 2 is 2.00 bits per heavy atom. The van der Waals surface area contributed by atoms with Crippen LogP contribution in [0.1, 0.15) is 12.5 Å². The van der Waals surface area contributed by atoms with Crippen molar-refractivity contribution in [2.24, 2.45) is 0 Å². The fourth-order valence-corrected chi connectivity index (χ4v) is 4.70. The largest absolute Gasteiger partial charge is 0.495 e. The van der Waals surface area contributed by atoms with Crippen molar-refractivity contribution in [1.29, 1.82) is 0 Å². The number of fused-ring (bicyclic) bond motifs is 1. The molecule has 24 heavy (non-hydrogen) atoms. The van der Waals surface area contributed by atoms with Crippen molar-refractivity contribution < 1.29 is 13.2 Å². The first-order valence-electron chi connectivity index (χ1n) is 7.61. The summed E-state index contributed by atoms with van der Waals surface area (Å²) >= 11 is 6.12. The minimum absolute atomic E-state index is 0.0286. The van der Waals surface area contributed by atoms with Crippen molar-refractivity contribution in [3.8, 4) is 5.75 Å². The molecule has 0 amide bonds. The molecule has 1 aliphatic heterocycles. The lowest BCUT2D eigenvalue weighted by Gasteiger charge is -2.26. The Labute approximate surface area is 147 Å². The van der Waals surface area contributed by atoms with Gasteiger partial charge in [-0.1, -0.05) is 29.8 Å². The molecule has 3 rings (SSSR count). The van der Waals surface area contributed by atoms with Crippen LogP contribution < -0.4 is 14.4 Å². The summed E-state index contributed by atoms with van der Waals surface area (Å²) in [6.07, 6.45) is 0. The lowest BCUT2D eigenvalue weighted by Crippen LogP contribution is -2.39. The third-order valence-electron chi connectivity index (χ3n) is 4.05. The van der Waals surface area contributed by atoms with Gasteiger partial charge in [-0.25, -0.2) is 8.42 Å². The summed E-state index contributed by atoms with van der Waals surface area (Å²) in [5, 5.41) is 3.60. The van der Waals surface area contributed by atoms with Gasteiger partial charge in [0.1, 0.15) is 5.75 Å². The second-order valence-electron chi connectivity index (χ2n) is 5.74. The molecular formula is C17H19ClN2O3S. The molecule has 1 heterocycles. The average molecular weight is 367 g/mol. The zero-order chi connectivity index (χ0) is 17.3. The van der Waals surface area contributed by atoms with E-state index in [1.54, 1.807) is 6.07 Å². The molecule has 7 heteroatoms. The maximum absolute atomic E-state index is 13.2. The molecule has 2 aromatic rings. The number of anilines is 1. The third kappa shape index (κ3) is 3.09. The Bertz CT molecular complexity index is 855. The van der Waals surface area contributed by atoms with Gasteiger partial charge in [0, 0.05) is 19.1 Å². The monoisotopic (exact) mass is 366 g/mol. The van der Waals surface area contributed by atoms with Crippen molar-refractivity contribution in [3.63, 3.8) is 0 Å². The van der Waals surface area contributed by atoms with Crippen LogP contribution in [0.2, 0.25) is 5.02 Å². The van der Waals surface area contributed by atoms with Gasteiger partial charge < -0.3 is 10.1 Å². The molecule has 0 saturated carbocycles. The molecule has 0 spiro atoms. The standard InChI is InChI=1S/C17H19ClN2O3S/c1-12-11-20(16-6-4-3-5-13(16)10-19-12)24(21,22)14-7-8-17(23-2)15(18)9-14/h3-9,12,19H,10-11H2,1-2H3. The summed E-state index contributed by atoms with van der Waals surface area (Å²) in [7, 11) is -2.23. The highest BCUT2D eigenvalue weighted by atomic mass is 35.5. The van der Waals surface area contributed by atoms with E-state index < -0.39 is 10.0 Å². The van der Waals surface area contributed by atoms with Crippen LogP contribution in [0, 0.1) is 0 Å². The first-order valence-corrected chi connectivity index (χ1v) is 9.43. The van der Waals surface area contributed by atoms with Gasteiger partial charge in [0.05, 0.1) is 22.7 Å². The molecular weight excluding hydrogens is 348 g/mol. The van der Waals surface area contributed by atoms with E-state index in [1.165, 1.54) is 23.5 Å². The Morgan fingerprint density at radius 1 is 1.25 bits per heavy atom. The predicted octanol–water partition coefficient (Wildman–Crippen LogP) is 3.04. The second kappa shape index (κ2) is 6.63. The van der Waals surface area contributed by atoms with Crippen LogP contribution in [0.5, 0.6) is 5.75 Å². The molecule has 0 aromatic heterocycles. The number of nitrogens with one attached hydrogen (secondary N) is 1. The van der Waals surface area contributed by atoms with Crippen LogP contribution in [0.25, 0.3) is 0 Å². The number of halogens is 1. The normalized spacial score (nSPS) is 18.0. The Hall–Kier alpha value is -1.76. The summed E-state index contributed by atoms with van der Waals surface area (Å²) in [6.45, 7) is 2.95. The highest BCUT2D eigenvalue weighted by molar-refractivity contribution is 7.92. The van der Waals surface area contributed by atoms with E-state index in [0.717, 1.165) is 5.56 Å². The van der Waals surface area contributed by atoms with Crippen LogP contribution in [-0.2, 0) is 16.6 Å². The molecule has 1 aliphatic rings. The topological polar surface area (TPSA) is 58.6 Å². The predicted molar refractivity (Wildman–Crippen MR) is 95.3 cm³/mol. The van der Waals surface area contributed by atoms with Crippen LogP contribution in [0.4, 0.5) is 5.69 Å². The molecule has 1 N–H and O–H groups in total. The summed E-state index contributed by atoms with van der Waals surface area (Å²) in [5.74, 6) is 0.446. The number of hydrogen-bond donors (Lipinski definition) is 1. The number of para-hydroxylation sites is 1. The van der Waals surface area contributed by atoms with Gasteiger partial charge in [-0.2, -0.15) is 0 Å². The van der Waals surface area contributed by atoms with Gasteiger partial charge in [-0.05, 0) is 36.8 Å². The van der Waals surface area contributed by atoms with Crippen molar-refractivity contribution in [2.45, 2.75) is 24.4 Å². The minimum atomic E-state index is -3.73. The Balaban J connectivity index is 2.10. The fraction of sp³-hybridized carbons (Fsp3) is 0.294. The first-order chi connectivity index (χ1) is 11.4. The molecule has 0 radical (unpaired) electrons. The molecule has 0 bridgehead atoms. The van der Waals surface area contributed by atoms with E-state index in [2.05, 4.69) is 5.32 Å². The minimum Gasteiger partial charge on any atom is -0.495 e. The van der Waals surface area contributed by atoms with E-state index in [-0.39, 0.29) is 16.0 Å². The van der Waals surface area contributed by atoms with E-state index in [0.29, 0.717) is 24.5 Å². The zero-order valence-electron chi connectivity index (χ0n) is 13.5. The van der Waals surface area contributed by atoms with E-state index >= 15 is 0 Å². The van der Waals surface area contributed by atoms with Crippen LogP contribution in [0.3, 0.4) is 0 Å². The van der Waals surface area contributed by atoms with E-state index in [9.17, 15) is 8.42 Å². The summed E-state index contributed by atoms with van der Waals surface area (Å²) in [5.41, 5.74) is 1.64. The van der Waals surface area contributed by atoms with E-state index in [1.807, 2.05) is 31.2 Å². The molecule has 5 nitrogen and oxygen atoms in total. The first kappa shape index (κ1) is 17.1.